The van der Waals surface area contributed by atoms with E-state index < -0.39 is 54.1 Å². The normalized spacial score (nSPS) is 24.3. The maximum atomic E-state index is 13.0. The third-order valence-corrected chi connectivity index (χ3v) is 6.89. The summed E-state index contributed by atoms with van der Waals surface area (Å²) >= 11 is 0. The molecular weight excluding hydrogens is 518 g/mol. The summed E-state index contributed by atoms with van der Waals surface area (Å²) in [5.74, 6) is -2.23. The second-order valence-corrected chi connectivity index (χ2v) is 10.3. The van der Waals surface area contributed by atoms with Crippen LogP contribution in [0, 0.1) is 0 Å². The first kappa shape index (κ1) is 31.1. The second-order valence-electron chi connectivity index (χ2n) is 10.3. The minimum Gasteiger partial charge on any atom is -0.455 e. The molecule has 1 aliphatic rings. The minimum atomic E-state index is -1.67. The zero-order valence-electron chi connectivity index (χ0n) is 24.0. The van der Waals surface area contributed by atoms with Crippen molar-refractivity contribution in [1.82, 2.24) is 4.98 Å². The first-order valence-corrected chi connectivity index (χ1v) is 14.1. The molecule has 0 bridgehead atoms. The van der Waals surface area contributed by atoms with E-state index in [2.05, 4.69) is 4.98 Å². The number of aryl methyl sites for hydroxylation is 1. The van der Waals surface area contributed by atoms with Crippen molar-refractivity contribution in [2.75, 3.05) is 0 Å². The van der Waals surface area contributed by atoms with Gasteiger partial charge in [0.1, 0.15) is 6.10 Å². The molecule has 1 aliphatic heterocycles. The van der Waals surface area contributed by atoms with Gasteiger partial charge in [-0.15, -0.1) is 0 Å². The van der Waals surface area contributed by atoms with E-state index in [0.717, 1.165) is 16.5 Å². The van der Waals surface area contributed by atoms with E-state index >= 15 is 0 Å². The Kier molecular flexibility index (Phi) is 11.1. The molecule has 0 radical (unpaired) electrons. The molecule has 10 heteroatoms. The molecule has 10 nitrogen and oxygen atoms in total. The third-order valence-electron chi connectivity index (χ3n) is 6.89. The molecule has 3 rings (SSSR count). The lowest BCUT2D eigenvalue weighted by Crippen LogP contribution is -2.68. The molecule has 40 heavy (non-hydrogen) atoms. The number of hydrogen-bond acceptors (Lipinski definition) is 9. The van der Waals surface area contributed by atoms with E-state index in [0.29, 0.717) is 25.7 Å². The van der Waals surface area contributed by atoms with Crippen molar-refractivity contribution < 1.29 is 42.9 Å². The highest BCUT2D eigenvalue weighted by atomic mass is 16.7. The summed E-state index contributed by atoms with van der Waals surface area (Å²) in [6.45, 7) is 8.64. The lowest BCUT2D eigenvalue weighted by Gasteiger charge is -2.49. The molecule has 0 amide bonds. The van der Waals surface area contributed by atoms with Crippen molar-refractivity contribution >= 4 is 34.8 Å². The van der Waals surface area contributed by atoms with Crippen LogP contribution in [0.25, 0.3) is 10.9 Å². The Morgan fingerprint density at radius 3 is 2.05 bits per heavy atom. The highest BCUT2D eigenvalue weighted by Crippen LogP contribution is 2.38. The van der Waals surface area contributed by atoms with Crippen molar-refractivity contribution in [3.8, 4) is 0 Å². The van der Waals surface area contributed by atoms with Crippen molar-refractivity contribution in [3.05, 3.63) is 36.0 Å². The zero-order valence-corrected chi connectivity index (χ0v) is 24.0. The molecule has 0 aliphatic carbocycles. The summed E-state index contributed by atoms with van der Waals surface area (Å²) in [6, 6.07) is 7.77. The van der Waals surface area contributed by atoms with Gasteiger partial charge >= 0.3 is 23.9 Å². The molecular formula is C30H41NO9. The molecule has 2 aromatic rings. The standard InChI is InChI=1S/C30H41NO9/c1-6-11-23(32)37-27-19(4)36-29(28(38-24(33)12-7-2)30(27,5)40-26(35)13-8-3)39-25(34)17-16-20-18-31-22-15-10-9-14-21(20)22/h9-10,14-15,18-19,27-29,31H,6-8,11-13,16-17H2,1-5H3/t19-,27+,28+,29-,30-/m0/s1. The Morgan fingerprint density at radius 2 is 1.40 bits per heavy atom. The van der Waals surface area contributed by atoms with Gasteiger partial charge in [-0.05, 0) is 51.2 Å². The van der Waals surface area contributed by atoms with Gasteiger partial charge in [-0.2, -0.15) is 0 Å². The number of benzene rings is 1. The average molecular weight is 560 g/mol. The molecule has 1 aromatic heterocycles. The Morgan fingerprint density at radius 1 is 0.825 bits per heavy atom. The number of aromatic nitrogens is 1. The summed E-state index contributed by atoms with van der Waals surface area (Å²) in [5, 5.41) is 1.01. The van der Waals surface area contributed by atoms with Crippen LogP contribution in [-0.2, 0) is 49.3 Å². The van der Waals surface area contributed by atoms with Gasteiger partial charge in [-0.1, -0.05) is 39.0 Å². The first-order valence-electron chi connectivity index (χ1n) is 14.1. The van der Waals surface area contributed by atoms with Crippen LogP contribution in [0.15, 0.2) is 30.5 Å². The maximum absolute atomic E-state index is 13.0. The van der Waals surface area contributed by atoms with Gasteiger partial charge in [0.05, 0.1) is 0 Å². The quantitative estimate of drug-likeness (QED) is 0.269. The number of hydrogen-bond donors (Lipinski definition) is 1. The van der Waals surface area contributed by atoms with Gasteiger partial charge in [0, 0.05) is 42.8 Å². The smallest absolute Gasteiger partial charge is 0.308 e. The number of aromatic amines is 1. The highest BCUT2D eigenvalue weighted by molar-refractivity contribution is 5.83. The Hall–Kier alpha value is -3.40. The summed E-state index contributed by atoms with van der Waals surface area (Å²) < 4.78 is 29.1. The van der Waals surface area contributed by atoms with Crippen LogP contribution in [0.2, 0.25) is 0 Å². The van der Waals surface area contributed by atoms with Gasteiger partial charge in [-0.3, -0.25) is 19.2 Å². The lowest BCUT2D eigenvalue weighted by atomic mass is 9.85. The number of nitrogens with one attached hydrogen (secondary N) is 1. The highest BCUT2D eigenvalue weighted by Gasteiger charge is 2.61. The fourth-order valence-electron chi connectivity index (χ4n) is 4.92. The van der Waals surface area contributed by atoms with E-state index in [4.69, 9.17) is 23.7 Å². The van der Waals surface area contributed by atoms with Gasteiger partial charge in [0.2, 0.25) is 12.4 Å². The van der Waals surface area contributed by atoms with Crippen LogP contribution in [0.1, 0.15) is 85.1 Å². The van der Waals surface area contributed by atoms with E-state index in [1.54, 1.807) is 6.92 Å². The number of carbonyl (C=O) groups excluding carboxylic acids is 4. The summed E-state index contributed by atoms with van der Waals surface area (Å²) in [6.07, 6.45) is -0.463. The molecule has 5 atom stereocenters. The number of esters is 4. The summed E-state index contributed by atoms with van der Waals surface area (Å²) in [5.41, 5.74) is 0.252. The number of carbonyl (C=O) groups is 4. The molecule has 0 spiro atoms. The third kappa shape index (κ3) is 7.62. The van der Waals surface area contributed by atoms with Crippen molar-refractivity contribution in [3.63, 3.8) is 0 Å². The van der Waals surface area contributed by atoms with Crippen LogP contribution >= 0.6 is 0 Å². The molecule has 220 valence electrons. The number of ether oxygens (including phenoxy) is 5. The molecule has 1 saturated heterocycles. The summed E-state index contributed by atoms with van der Waals surface area (Å²) in [7, 11) is 0. The zero-order chi connectivity index (χ0) is 29.3. The van der Waals surface area contributed by atoms with E-state index in [1.807, 2.05) is 51.2 Å². The Labute approximate surface area is 235 Å². The molecule has 1 N–H and O–H groups in total. The van der Waals surface area contributed by atoms with Gasteiger partial charge < -0.3 is 28.7 Å². The fourth-order valence-corrected chi connectivity index (χ4v) is 4.92. The van der Waals surface area contributed by atoms with Crippen LogP contribution in [0.3, 0.4) is 0 Å². The van der Waals surface area contributed by atoms with Gasteiger partial charge in [0.15, 0.2) is 11.7 Å². The topological polar surface area (TPSA) is 130 Å². The Bertz CT molecular complexity index is 1170. The average Bonchev–Trinajstić information content (AvgIpc) is 3.31. The van der Waals surface area contributed by atoms with Crippen LogP contribution in [-0.4, -0.2) is 59.1 Å². The van der Waals surface area contributed by atoms with Crippen molar-refractivity contribution in [2.24, 2.45) is 0 Å². The fraction of sp³-hybridized carbons (Fsp3) is 0.600. The number of para-hydroxylation sites is 1. The molecule has 1 fully saturated rings. The maximum Gasteiger partial charge on any atom is 0.308 e. The first-order chi connectivity index (χ1) is 19.1. The van der Waals surface area contributed by atoms with Crippen LogP contribution in [0.5, 0.6) is 0 Å². The number of H-pyrrole nitrogens is 1. The van der Waals surface area contributed by atoms with E-state index in [-0.39, 0.29) is 25.7 Å². The monoisotopic (exact) mass is 559 g/mol. The van der Waals surface area contributed by atoms with Gasteiger partial charge in [0.25, 0.3) is 0 Å². The van der Waals surface area contributed by atoms with Crippen molar-refractivity contribution in [1.29, 1.82) is 0 Å². The second kappa shape index (κ2) is 14.3. The molecule has 0 saturated carbocycles. The Balaban J connectivity index is 1.87. The number of fused-ring (bicyclic) bond motifs is 1. The van der Waals surface area contributed by atoms with Gasteiger partial charge in [-0.25, -0.2) is 0 Å². The van der Waals surface area contributed by atoms with Crippen LogP contribution < -0.4 is 0 Å². The van der Waals surface area contributed by atoms with Crippen molar-refractivity contribution in [2.45, 2.75) is 116 Å². The number of rotatable bonds is 13. The molecule has 2 heterocycles. The SMILES string of the molecule is CCCC(=O)O[C@@H]1[C@H](OC(=O)CCc2c[nH]c3ccccc23)O[C@@H](C)[C@@H](OC(=O)CCC)[C@]1(C)OC(=O)CCC. The predicted octanol–water partition coefficient (Wildman–Crippen LogP) is 4.91. The van der Waals surface area contributed by atoms with E-state index in [1.165, 1.54) is 6.92 Å². The largest absolute Gasteiger partial charge is 0.455 e. The van der Waals surface area contributed by atoms with Crippen LogP contribution in [0.4, 0.5) is 0 Å². The van der Waals surface area contributed by atoms with E-state index in [9.17, 15) is 19.2 Å². The predicted molar refractivity (Wildman–Crippen MR) is 146 cm³/mol. The summed E-state index contributed by atoms with van der Waals surface area (Å²) in [4.78, 5) is 54.2. The molecule has 1 aromatic carbocycles. The molecule has 0 unspecified atom stereocenters. The lowest BCUT2D eigenvalue weighted by molar-refractivity contribution is -0.320. The minimum absolute atomic E-state index is 0.0347.